The van der Waals surface area contributed by atoms with Gasteiger partial charge in [-0.1, -0.05) is 15.9 Å². The largest absolute Gasteiger partial charge is 0.469 e. The molecule has 0 amide bonds. The Morgan fingerprint density at radius 2 is 1.94 bits per heavy atom. The number of halogens is 1. The van der Waals surface area contributed by atoms with Gasteiger partial charge in [0.1, 0.15) is 0 Å². The molecule has 0 aliphatic rings. The van der Waals surface area contributed by atoms with Crippen LogP contribution in [-0.2, 0) is 19.6 Å². The van der Waals surface area contributed by atoms with Gasteiger partial charge in [-0.3, -0.25) is 4.79 Å². The Kier molecular flexibility index (Phi) is 5.77. The van der Waals surface area contributed by atoms with Crippen molar-refractivity contribution in [1.82, 2.24) is 4.72 Å². The van der Waals surface area contributed by atoms with Crippen molar-refractivity contribution in [2.75, 3.05) is 13.7 Å². The first kappa shape index (κ1) is 15.1. The molecule has 0 radical (unpaired) electrons. The van der Waals surface area contributed by atoms with Gasteiger partial charge in [-0.2, -0.15) is 0 Å². The number of benzene rings is 1. The summed E-state index contributed by atoms with van der Waals surface area (Å²) in [7, 11) is -2.20. The summed E-state index contributed by atoms with van der Waals surface area (Å²) < 4.78 is 31.3. The third-order valence-electron chi connectivity index (χ3n) is 2.20. The van der Waals surface area contributed by atoms with Crippen LogP contribution < -0.4 is 4.72 Å². The van der Waals surface area contributed by atoms with Crippen LogP contribution >= 0.6 is 15.9 Å². The number of sulfonamides is 1. The lowest BCUT2D eigenvalue weighted by Gasteiger charge is -2.06. The monoisotopic (exact) mass is 335 g/mol. The number of methoxy groups -OCH3 is 1. The molecule has 1 N–H and O–H groups in total. The van der Waals surface area contributed by atoms with Crippen LogP contribution in [-0.4, -0.2) is 28.0 Å². The van der Waals surface area contributed by atoms with Gasteiger partial charge in [0.25, 0.3) is 0 Å². The van der Waals surface area contributed by atoms with Crippen LogP contribution in [0.5, 0.6) is 0 Å². The molecule has 0 saturated heterocycles. The summed E-state index contributed by atoms with van der Waals surface area (Å²) in [6.07, 6.45) is 0.599. The number of hydrogen-bond acceptors (Lipinski definition) is 4. The van der Waals surface area contributed by atoms with Crippen molar-refractivity contribution in [3.63, 3.8) is 0 Å². The van der Waals surface area contributed by atoms with Crippen LogP contribution in [0.3, 0.4) is 0 Å². The van der Waals surface area contributed by atoms with E-state index >= 15 is 0 Å². The quantitative estimate of drug-likeness (QED) is 0.634. The molecule has 0 aromatic heterocycles. The molecule has 0 fully saturated rings. The Morgan fingerprint density at radius 3 is 2.50 bits per heavy atom. The first-order chi connectivity index (χ1) is 8.45. The molecule has 0 heterocycles. The average molecular weight is 336 g/mol. The van der Waals surface area contributed by atoms with Gasteiger partial charge in [0, 0.05) is 17.4 Å². The van der Waals surface area contributed by atoms with Crippen molar-refractivity contribution >= 4 is 31.9 Å². The van der Waals surface area contributed by atoms with Gasteiger partial charge >= 0.3 is 5.97 Å². The highest BCUT2D eigenvalue weighted by atomic mass is 79.9. The standard InChI is InChI=1S/C11H14BrNO4S/c1-17-11(14)3-2-8-13-18(15,16)10-6-4-9(12)5-7-10/h4-7,13H,2-3,8H2,1H3. The smallest absolute Gasteiger partial charge is 0.305 e. The molecule has 0 atom stereocenters. The summed E-state index contributed by atoms with van der Waals surface area (Å²) in [5, 5.41) is 0. The second kappa shape index (κ2) is 6.86. The minimum Gasteiger partial charge on any atom is -0.469 e. The van der Waals surface area contributed by atoms with Crippen molar-refractivity contribution in [2.45, 2.75) is 17.7 Å². The van der Waals surface area contributed by atoms with Crippen molar-refractivity contribution in [2.24, 2.45) is 0 Å². The predicted octanol–water partition coefficient (Wildman–Crippen LogP) is 1.68. The highest BCUT2D eigenvalue weighted by Gasteiger charge is 2.13. The summed E-state index contributed by atoms with van der Waals surface area (Å²) in [5.74, 6) is -0.349. The number of hydrogen-bond donors (Lipinski definition) is 1. The van der Waals surface area contributed by atoms with E-state index < -0.39 is 10.0 Å². The van der Waals surface area contributed by atoms with Crippen LogP contribution in [0, 0.1) is 0 Å². The molecule has 0 unspecified atom stereocenters. The minimum absolute atomic E-state index is 0.194. The summed E-state index contributed by atoms with van der Waals surface area (Å²) in [6, 6.07) is 6.32. The number of ether oxygens (including phenoxy) is 1. The summed E-state index contributed by atoms with van der Waals surface area (Å²) in [6.45, 7) is 0.202. The van der Waals surface area contributed by atoms with Crippen molar-refractivity contribution in [3.05, 3.63) is 28.7 Å². The van der Waals surface area contributed by atoms with E-state index in [0.717, 1.165) is 4.47 Å². The molecule has 1 aromatic rings. The summed E-state index contributed by atoms with van der Waals surface area (Å²) >= 11 is 3.23. The number of carbonyl (C=O) groups is 1. The fraction of sp³-hybridized carbons (Fsp3) is 0.364. The van der Waals surface area contributed by atoms with E-state index in [-0.39, 0.29) is 23.8 Å². The van der Waals surface area contributed by atoms with Gasteiger partial charge in [-0.05, 0) is 30.7 Å². The second-order valence-electron chi connectivity index (χ2n) is 3.53. The van der Waals surface area contributed by atoms with Crippen LogP contribution in [0.2, 0.25) is 0 Å². The van der Waals surface area contributed by atoms with Gasteiger partial charge in [0.15, 0.2) is 0 Å². The van der Waals surface area contributed by atoms with E-state index in [1.807, 2.05) is 0 Å². The first-order valence-corrected chi connectivity index (χ1v) is 7.55. The van der Waals surface area contributed by atoms with E-state index in [1.54, 1.807) is 12.1 Å². The molecule has 0 aliphatic heterocycles. The molecule has 100 valence electrons. The lowest BCUT2D eigenvalue weighted by Crippen LogP contribution is -2.25. The van der Waals surface area contributed by atoms with Crippen LogP contribution in [0.25, 0.3) is 0 Å². The van der Waals surface area contributed by atoms with Crippen LogP contribution in [0.15, 0.2) is 33.6 Å². The zero-order valence-electron chi connectivity index (χ0n) is 9.85. The molecule has 0 spiro atoms. The van der Waals surface area contributed by atoms with Crippen molar-refractivity contribution in [3.8, 4) is 0 Å². The molecule has 18 heavy (non-hydrogen) atoms. The van der Waals surface area contributed by atoms with Crippen LogP contribution in [0.1, 0.15) is 12.8 Å². The molecular weight excluding hydrogens is 322 g/mol. The fourth-order valence-corrected chi connectivity index (χ4v) is 2.58. The average Bonchev–Trinajstić information content (AvgIpc) is 2.35. The maximum atomic E-state index is 11.8. The molecular formula is C11H14BrNO4S. The third-order valence-corrected chi connectivity index (χ3v) is 4.21. The van der Waals surface area contributed by atoms with E-state index in [4.69, 9.17) is 0 Å². The molecule has 1 aromatic carbocycles. The van der Waals surface area contributed by atoms with Crippen LogP contribution in [0.4, 0.5) is 0 Å². The highest BCUT2D eigenvalue weighted by Crippen LogP contribution is 2.14. The van der Waals surface area contributed by atoms with E-state index in [1.165, 1.54) is 19.2 Å². The minimum atomic E-state index is -3.50. The molecule has 0 aliphatic carbocycles. The molecule has 1 rings (SSSR count). The zero-order valence-corrected chi connectivity index (χ0v) is 12.3. The molecule has 7 heteroatoms. The first-order valence-electron chi connectivity index (χ1n) is 5.28. The zero-order chi connectivity index (χ0) is 13.6. The second-order valence-corrected chi connectivity index (χ2v) is 6.21. The Labute approximate surface area is 115 Å². The molecule has 0 saturated carbocycles. The van der Waals surface area contributed by atoms with Gasteiger partial charge in [-0.15, -0.1) is 0 Å². The van der Waals surface area contributed by atoms with E-state index in [2.05, 4.69) is 25.4 Å². The number of rotatable bonds is 6. The Morgan fingerprint density at radius 1 is 1.33 bits per heavy atom. The van der Waals surface area contributed by atoms with E-state index in [0.29, 0.717) is 6.42 Å². The highest BCUT2D eigenvalue weighted by molar-refractivity contribution is 9.10. The third kappa shape index (κ3) is 4.75. The Balaban J connectivity index is 2.50. The normalized spacial score (nSPS) is 11.2. The van der Waals surface area contributed by atoms with Crippen molar-refractivity contribution < 1.29 is 17.9 Å². The summed E-state index contributed by atoms with van der Waals surface area (Å²) in [5.41, 5.74) is 0. The molecule has 5 nitrogen and oxygen atoms in total. The fourth-order valence-electron chi connectivity index (χ4n) is 1.24. The lowest BCUT2D eigenvalue weighted by atomic mass is 10.3. The Hall–Kier alpha value is -0.920. The molecule has 0 bridgehead atoms. The number of carbonyl (C=O) groups excluding carboxylic acids is 1. The lowest BCUT2D eigenvalue weighted by molar-refractivity contribution is -0.140. The van der Waals surface area contributed by atoms with Crippen molar-refractivity contribution in [1.29, 1.82) is 0 Å². The maximum absolute atomic E-state index is 11.8. The van der Waals surface area contributed by atoms with Gasteiger partial charge in [-0.25, -0.2) is 13.1 Å². The number of esters is 1. The predicted molar refractivity (Wildman–Crippen MR) is 70.6 cm³/mol. The maximum Gasteiger partial charge on any atom is 0.305 e. The van der Waals surface area contributed by atoms with Gasteiger partial charge in [0.05, 0.1) is 12.0 Å². The number of nitrogens with one attached hydrogen (secondary N) is 1. The SMILES string of the molecule is COC(=O)CCCNS(=O)(=O)c1ccc(Br)cc1. The van der Waals surface area contributed by atoms with Gasteiger partial charge in [0.2, 0.25) is 10.0 Å². The summed E-state index contributed by atoms with van der Waals surface area (Å²) in [4.78, 5) is 11.0. The Bertz CT molecular complexity index is 498. The van der Waals surface area contributed by atoms with Gasteiger partial charge < -0.3 is 4.74 Å². The topological polar surface area (TPSA) is 72.5 Å². The van der Waals surface area contributed by atoms with E-state index in [9.17, 15) is 13.2 Å².